The van der Waals surface area contributed by atoms with Gasteiger partial charge in [0, 0.05) is 22.1 Å². The highest BCUT2D eigenvalue weighted by Gasteiger charge is 2.32. The molecule has 1 aliphatic heterocycles. The van der Waals surface area contributed by atoms with E-state index in [0.717, 1.165) is 46.3 Å². The minimum atomic E-state index is -0.102. The van der Waals surface area contributed by atoms with Gasteiger partial charge in [0.15, 0.2) is 0 Å². The van der Waals surface area contributed by atoms with Crippen molar-refractivity contribution in [1.82, 2.24) is 0 Å². The fourth-order valence-electron chi connectivity index (χ4n) is 3.82. The highest BCUT2D eigenvalue weighted by Crippen LogP contribution is 2.45. The van der Waals surface area contributed by atoms with Crippen LogP contribution in [0, 0.1) is 13.8 Å². The summed E-state index contributed by atoms with van der Waals surface area (Å²) in [6.07, 6.45) is 8.83. The molecule has 0 saturated heterocycles. The topological polar surface area (TPSA) is 29.5 Å². The summed E-state index contributed by atoms with van der Waals surface area (Å²) >= 11 is 2.04. The third kappa shape index (κ3) is 3.50. The molecule has 0 radical (unpaired) electrons. The van der Waals surface area contributed by atoms with Gasteiger partial charge in [-0.1, -0.05) is 19.3 Å². The summed E-state index contributed by atoms with van der Waals surface area (Å²) in [5.74, 6) is 2.47. The predicted molar refractivity (Wildman–Crippen MR) is 98.8 cm³/mol. The van der Waals surface area contributed by atoms with Gasteiger partial charge in [0.1, 0.15) is 17.1 Å². The zero-order valence-electron chi connectivity index (χ0n) is 15.0. The van der Waals surface area contributed by atoms with Gasteiger partial charge >= 0.3 is 0 Å². The van der Waals surface area contributed by atoms with Crippen molar-refractivity contribution >= 4 is 11.8 Å². The molecule has 0 unspecified atom stereocenters. The molecule has 1 aliphatic carbocycles. The second-order valence-electron chi connectivity index (χ2n) is 7.82. The van der Waals surface area contributed by atoms with E-state index in [1.807, 2.05) is 18.7 Å². The van der Waals surface area contributed by atoms with E-state index in [1.165, 1.54) is 37.7 Å². The summed E-state index contributed by atoms with van der Waals surface area (Å²) < 4.78 is 6.30. The van der Waals surface area contributed by atoms with Crippen LogP contribution in [0.4, 0.5) is 0 Å². The maximum absolute atomic E-state index is 10.7. The molecule has 0 spiro atoms. The van der Waals surface area contributed by atoms with Gasteiger partial charge < -0.3 is 9.84 Å². The lowest BCUT2D eigenvalue weighted by atomic mass is 9.88. The van der Waals surface area contributed by atoms with Crippen molar-refractivity contribution in [3.8, 4) is 11.5 Å². The van der Waals surface area contributed by atoms with Gasteiger partial charge in [-0.2, -0.15) is 11.8 Å². The van der Waals surface area contributed by atoms with Crippen molar-refractivity contribution in [2.45, 2.75) is 89.2 Å². The van der Waals surface area contributed by atoms with E-state index in [1.54, 1.807) is 0 Å². The van der Waals surface area contributed by atoms with E-state index in [0.29, 0.717) is 5.75 Å². The number of benzene rings is 1. The molecule has 0 atom stereocenters. The van der Waals surface area contributed by atoms with Gasteiger partial charge in [-0.15, -0.1) is 0 Å². The summed E-state index contributed by atoms with van der Waals surface area (Å²) in [5, 5.41) is 11.5. The highest BCUT2D eigenvalue weighted by molar-refractivity contribution is 7.99. The largest absolute Gasteiger partial charge is 0.507 e. The summed E-state index contributed by atoms with van der Waals surface area (Å²) in [5.41, 5.74) is 4.38. The van der Waals surface area contributed by atoms with Gasteiger partial charge in [0.25, 0.3) is 0 Å². The number of fused-ring (bicyclic) bond motifs is 1. The molecule has 3 rings (SSSR count). The third-order valence-electron chi connectivity index (χ3n) is 5.55. The van der Waals surface area contributed by atoms with Crippen LogP contribution in [0.3, 0.4) is 0 Å². The molecule has 128 valence electrons. The van der Waals surface area contributed by atoms with Crippen molar-refractivity contribution < 1.29 is 9.84 Å². The van der Waals surface area contributed by atoms with Crippen molar-refractivity contribution in [1.29, 1.82) is 0 Å². The Balaban J connectivity index is 1.88. The molecule has 1 fully saturated rings. The Morgan fingerprint density at radius 1 is 1.13 bits per heavy atom. The first-order chi connectivity index (χ1) is 10.9. The molecule has 2 nitrogen and oxygen atoms in total. The minimum absolute atomic E-state index is 0.102. The summed E-state index contributed by atoms with van der Waals surface area (Å²) in [6.45, 7) is 8.42. The van der Waals surface area contributed by atoms with Crippen LogP contribution in [0.5, 0.6) is 11.5 Å². The van der Waals surface area contributed by atoms with Gasteiger partial charge in [-0.05, 0) is 64.5 Å². The number of hydrogen-bond acceptors (Lipinski definition) is 3. The Hall–Kier alpha value is -0.830. The number of aromatic hydroxyl groups is 1. The zero-order chi connectivity index (χ0) is 16.6. The SMILES string of the molecule is Cc1c(C)c2c(c(CSC3CCCCC3)c1O)CCC(C)(C)O2. The number of phenolic OH excluding ortho intramolecular Hbond substituents is 1. The van der Waals surface area contributed by atoms with E-state index in [4.69, 9.17) is 4.74 Å². The number of thioether (sulfide) groups is 1. The number of phenols is 1. The van der Waals surface area contributed by atoms with Crippen LogP contribution in [-0.2, 0) is 12.2 Å². The Bertz CT molecular complexity index is 586. The Labute approximate surface area is 145 Å². The molecule has 0 amide bonds. The quantitative estimate of drug-likeness (QED) is 0.771. The van der Waals surface area contributed by atoms with E-state index in [-0.39, 0.29) is 5.60 Å². The molecule has 1 aromatic rings. The van der Waals surface area contributed by atoms with Gasteiger partial charge in [0.2, 0.25) is 0 Å². The molecule has 1 N–H and O–H groups in total. The zero-order valence-corrected chi connectivity index (χ0v) is 15.8. The molecule has 3 heteroatoms. The third-order valence-corrected chi connectivity index (χ3v) is 6.95. The summed E-state index contributed by atoms with van der Waals surface area (Å²) in [6, 6.07) is 0. The monoisotopic (exact) mass is 334 g/mol. The normalized spacial score (nSPS) is 20.9. The summed E-state index contributed by atoms with van der Waals surface area (Å²) in [4.78, 5) is 0. The minimum Gasteiger partial charge on any atom is -0.507 e. The van der Waals surface area contributed by atoms with Crippen LogP contribution in [0.15, 0.2) is 0 Å². The van der Waals surface area contributed by atoms with Crippen LogP contribution in [0.1, 0.15) is 74.6 Å². The first-order valence-electron chi connectivity index (χ1n) is 9.03. The first-order valence-corrected chi connectivity index (χ1v) is 10.1. The molecular weight excluding hydrogens is 304 g/mol. The molecule has 1 saturated carbocycles. The van der Waals surface area contributed by atoms with Crippen molar-refractivity contribution in [3.63, 3.8) is 0 Å². The summed E-state index contributed by atoms with van der Waals surface area (Å²) in [7, 11) is 0. The lowest BCUT2D eigenvalue weighted by molar-refractivity contribution is 0.0831. The fourth-order valence-corrected chi connectivity index (χ4v) is 5.20. The second kappa shape index (κ2) is 6.58. The van der Waals surface area contributed by atoms with Gasteiger partial charge in [-0.25, -0.2) is 0 Å². The number of rotatable bonds is 3. The average Bonchev–Trinajstić information content (AvgIpc) is 2.53. The molecule has 23 heavy (non-hydrogen) atoms. The standard InChI is InChI=1S/C20H30O2S/c1-13-14(2)19-16(10-11-20(3,4)22-19)17(18(13)21)12-23-15-8-6-5-7-9-15/h15,21H,5-12H2,1-4H3. The predicted octanol–water partition coefficient (Wildman–Crippen LogP) is 5.68. The van der Waals surface area contributed by atoms with Gasteiger partial charge in [-0.3, -0.25) is 0 Å². The molecular formula is C20H30O2S. The van der Waals surface area contributed by atoms with Crippen molar-refractivity contribution in [2.75, 3.05) is 0 Å². The molecule has 2 aliphatic rings. The highest BCUT2D eigenvalue weighted by atomic mass is 32.2. The smallest absolute Gasteiger partial charge is 0.127 e. The Morgan fingerprint density at radius 3 is 2.52 bits per heavy atom. The van der Waals surface area contributed by atoms with E-state index < -0.39 is 0 Å². The number of hydrogen-bond donors (Lipinski definition) is 1. The van der Waals surface area contributed by atoms with Crippen LogP contribution in [0.25, 0.3) is 0 Å². The van der Waals surface area contributed by atoms with Crippen LogP contribution >= 0.6 is 11.8 Å². The molecule has 1 heterocycles. The maximum Gasteiger partial charge on any atom is 0.127 e. The Morgan fingerprint density at radius 2 is 1.83 bits per heavy atom. The van der Waals surface area contributed by atoms with Crippen LogP contribution < -0.4 is 4.74 Å². The van der Waals surface area contributed by atoms with Crippen molar-refractivity contribution in [2.24, 2.45) is 0 Å². The van der Waals surface area contributed by atoms with Crippen LogP contribution in [0.2, 0.25) is 0 Å². The lowest BCUT2D eigenvalue weighted by Gasteiger charge is -2.35. The fraction of sp³-hybridized carbons (Fsp3) is 0.700. The number of ether oxygens (including phenoxy) is 1. The molecule has 0 bridgehead atoms. The van der Waals surface area contributed by atoms with E-state index in [2.05, 4.69) is 20.8 Å². The van der Waals surface area contributed by atoms with E-state index >= 15 is 0 Å². The lowest BCUT2D eigenvalue weighted by Crippen LogP contribution is -2.33. The first kappa shape index (κ1) is 17.0. The van der Waals surface area contributed by atoms with Gasteiger partial charge in [0.05, 0.1) is 0 Å². The second-order valence-corrected chi connectivity index (χ2v) is 9.11. The van der Waals surface area contributed by atoms with Crippen LogP contribution in [-0.4, -0.2) is 16.0 Å². The average molecular weight is 335 g/mol. The Kier molecular flexibility index (Phi) is 4.87. The van der Waals surface area contributed by atoms with E-state index in [9.17, 15) is 5.11 Å². The van der Waals surface area contributed by atoms with Crippen molar-refractivity contribution in [3.05, 3.63) is 22.3 Å². The molecule has 0 aromatic heterocycles. The maximum atomic E-state index is 10.7. The molecule has 1 aromatic carbocycles.